The summed E-state index contributed by atoms with van der Waals surface area (Å²) >= 11 is 0. The summed E-state index contributed by atoms with van der Waals surface area (Å²) in [6, 6.07) is 51.6. The van der Waals surface area contributed by atoms with Gasteiger partial charge in [-0.3, -0.25) is 4.57 Å². The lowest BCUT2D eigenvalue weighted by molar-refractivity contribution is 1.05. The van der Waals surface area contributed by atoms with Gasteiger partial charge in [0.15, 0.2) is 0 Å². The number of rotatable bonds is 5. The van der Waals surface area contributed by atoms with Gasteiger partial charge in [0.05, 0.1) is 11.0 Å². The van der Waals surface area contributed by atoms with E-state index in [1.807, 2.05) is 6.20 Å². The second kappa shape index (κ2) is 10.5. The van der Waals surface area contributed by atoms with E-state index in [2.05, 4.69) is 167 Å². The van der Waals surface area contributed by atoms with Crippen LogP contribution in [0, 0.1) is 6.92 Å². The summed E-state index contributed by atoms with van der Waals surface area (Å²) in [5.41, 5.74) is 12.4. The minimum Gasteiger partial charge on any atom is -0.355 e. The van der Waals surface area contributed by atoms with Gasteiger partial charge >= 0.3 is 0 Å². The van der Waals surface area contributed by atoms with Gasteiger partial charge < -0.3 is 10.3 Å². The van der Waals surface area contributed by atoms with Crippen LogP contribution in [0.1, 0.15) is 5.56 Å². The fourth-order valence-electron chi connectivity index (χ4n) is 6.99. The monoisotopic (exact) mass is 590 g/mol. The van der Waals surface area contributed by atoms with Gasteiger partial charge in [-0.25, -0.2) is 4.98 Å². The topological polar surface area (TPSA) is 45.6 Å². The maximum Gasteiger partial charge on any atom is 0.142 e. The summed E-state index contributed by atoms with van der Waals surface area (Å²) in [5.74, 6) is 0.910. The Balaban J connectivity index is 1.24. The van der Waals surface area contributed by atoms with Crippen LogP contribution in [0.25, 0.3) is 71.7 Å². The molecule has 46 heavy (non-hydrogen) atoms. The lowest BCUT2D eigenvalue weighted by Gasteiger charge is -2.18. The molecule has 3 aromatic heterocycles. The van der Waals surface area contributed by atoms with Crippen LogP contribution in [0.3, 0.4) is 0 Å². The number of nitrogens with one attached hydrogen (secondary N) is 2. The van der Waals surface area contributed by atoms with Crippen LogP contribution in [-0.4, -0.2) is 14.5 Å². The predicted octanol–water partition coefficient (Wildman–Crippen LogP) is 11.2. The van der Waals surface area contributed by atoms with Crippen LogP contribution in [0.15, 0.2) is 152 Å². The number of hydrogen-bond donors (Lipinski definition) is 2. The summed E-state index contributed by atoms with van der Waals surface area (Å²) in [4.78, 5) is 8.67. The summed E-state index contributed by atoms with van der Waals surface area (Å²) in [7, 11) is 0. The van der Waals surface area contributed by atoms with Gasteiger partial charge in [0.1, 0.15) is 5.82 Å². The van der Waals surface area contributed by atoms with E-state index in [4.69, 9.17) is 4.98 Å². The third-order valence-electron chi connectivity index (χ3n) is 9.18. The van der Waals surface area contributed by atoms with Crippen molar-refractivity contribution in [3.63, 3.8) is 0 Å². The molecule has 0 saturated carbocycles. The van der Waals surface area contributed by atoms with Gasteiger partial charge in [0, 0.05) is 66.8 Å². The Bertz CT molecular complexity index is 2570. The number of benzene rings is 6. The second-order valence-corrected chi connectivity index (χ2v) is 11.8. The Labute approximate surface area is 266 Å². The molecule has 2 N–H and O–H groups in total. The average molecular weight is 591 g/mol. The lowest BCUT2D eigenvalue weighted by Crippen LogP contribution is -2.04. The molecule has 0 fully saturated rings. The highest BCUT2D eigenvalue weighted by Crippen LogP contribution is 2.40. The van der Waals surface area contributed by atoms with Crippen LogP contribution in [0.2, 0.25) is 0 Å². The highest BCUT2D eigenvalue weighted by Gasteiger charge is 2.20. The SMILES string of the molecule is Cc1c(Nc2ccccc2-c2ccccc2)ccnc1-n1c2ccccc2c2cccc(-c3ccc4c(c3)[nH]c3ccccc34)c21. The van der Waals surface area contributed by atoms with Gasteiger partial charge in [0.25, 0.3) is 0 Å². The van der Waals surface area contributed by atoms with Crippen LogP contribution in [0.4, 0.5) is 11.4 Å². The van der Waals surface area contributed by atoms with Crippen LogP contribution in [0.5, 0.6) is 0 Å². The van der Waals surface area contributed by atoms with E-state index in [1.54, 1.807) is 0 Å². The van der Waals surface area contributed by atoms with E-state index in [0.717, 1.165) is 55.9 Å². The van der Waals surface area contributed by atoms with Gasteiger partial charge in [-0.15, -0.1) is 0 Å². The van der Waals surface area contributed by atoms with Crippen molar-refractivity contribution in [1.82, 2.24) is 14.5 Å². The Morgan fingerprint density at radius 3 is 2.17 bits per heavy atom. The summed E-state index contributed by atoms with van der Waals surface area (Å²) in [5, 5.41) is 8.66. The Kier molecular flexibility index (Phi) is 6.00. The largest absolute Gasteiger partial charge is 0.355 e. The lowest BCUT2D eigenvalue weighted by atomic mass is 10.0. The fourth-order valence-corrected chi connectivity index (χ4v) is 6.99. The summed E-state index contributed by atoms with van der Waals surface area (Å²) in [6.07, 6.45) is 1.91. The molecular weight excluding hydrogens is 560 g/mol. The van der Waals surface area contributed by atoms with Crippen molar-refractivity contribution >= 4 is 55.0 Å². The van der Waals surface area contributed by atoms with E-state index < -0.39 is 0 Å². The van der Waals surface area contributed by atoms with Crippen molar-refractivity contribution in [3.05, 3.63) is 157 Å². The van der Waals surface area contributed by atoms with Crippen LogP contribution < -0.4 is 5.32 Å². The molecule has 0 aliphatic rings. The highest BCUT2D eigenvalue weighted by molar-refractivity contribution is 6.15. The summed E-state index contributed by atoms with van der Waals surface area (Å²) < 4.78 is 2.35. The van der Waals surface area contributed by atoms with Crippen molar-refractivity contribution in [2.45, 2.75) is 6.92 Å². The third-order valence-corrected chi connectivity index (χ3v) is 9.18. The van der Waals surface area contributed by atoms with Crippen molar-refractivity contribution < 1.29 is 0 Å². The molecule has 3 heterocycles. The molecular formula is C42H30N4. The number of aromatic amines is 1. The van der Waals surface area contributed by atoms with Gasteiger partial charge in [-0.1, -0.05) is 115 Å². The molecule has 0 aliphatic heterocycles. The number of pyridine rings is 1. The maximum atomic E-state index is 5.03. The first kappa shape index (κ1) is 26.3. The molecule has 0 atom stereocenters. The molecule has 0 bridgehead atoms. The van der Waals surface area contributed by atoms with E-state index in [1.165, 1.54) is 32.7 Å². The molecule has 0 amide bonds. The fraction of sp³-hybridized carbons (Fsp3) is 0.0238. The van der Waals surface area contributed by atoms with Crippen LogP contribution in [-0.2, 0) is 0 Å². The third kappa shape index (κ3) is 4.11. The average Bonchev–Trinajstić information content (AvgIpc) is 3.65. The molecule has 218 valence electrons. The van der Waals surface area contributed by atoms with Crippen molar-refractivity contribution in [2.24, 2.45) is 0 Å². The zero-order valence-corrected chi connectivity index (χ0v) is 25.3. The quantitative estimate of drug-likeness (QED) is 0.209. The number of para-hydroxylation sites is 4. The normalized spacial score (nSPS) is 11.6. The first-order chi connectivity index (χ1) is 22.7. The van der Waals surface area contributed by atoms with Gasteiger partial charge in [0.2, 0.25) is 0 Å². The Hall–Kier alpha value is -6.13. The minimum absolute atomic E-state index is 0.910. The molecule has 9 aromatic rings. The van der Waals surface area contributed by atoms with Crippen molar-refractivity contribution in [2.75, 3.05) is 5.32 Å². The maximum absolute atomic E-state index is 5.03. The number of nitrogens with zero attached hydrogens (tertiary/aromatic N) is 2. The summed E-state index contributed by atoms with van der Waals surface area (Å²) in [6.45, 7) is 2.16. The minimum atomic E-state index is 0.910. The van der Waals surface area contributed by atoms with Gasteiger partial charge in [-0.2, -0.15) is 0 Å². The Morgan fingerprint density at radius 1 is 0.543 bits per heavy atom. The smallest absolute Gasteiger partial charge is 0.142 e. The Morgan fingerprint density at radius 2 is 1.26 bits per heavy atom. The standard InChI is InChI=1S/C42H30N4/c1-27-36(44-37-19-8-5-14-30(37)28-12-3-2-4-13-28)24-25-43-42(27)46-40-21-10-7-16-34(40)35-18-11-17-31(41(35)46)29-22-23-33-32-15-6-9-20-38(32)45-39(33)26-29/h2-26,45H,1H3,(H,43,44). The highest BCUT2D eigenvalue weighted by atomic mass is 15.1. The van der Waals surface area contributed by atoms with E-state index in [-0.39, 0.29) is 0 Å². The first-order valence-electron chi connectivity index (χ1n) is 15.6. The van der Waals surface area contributed by atoms with Crippen molar-refractivity contribution in [1.29, 1.82) is 0 Å². The van der Waals surface area contributed by atoms with E-state index >= 15 is 0 Å². The van der Waals surface area contributed by atoms with E-state index in [9.17, 15) is 0 Å². The number of hydrogen-bond acceptors (Lipinski definition) is 2. The number of aromatic nitrogens is 3. The zero-order valence-electron chi connectivity index (χ0n) is 25.3. The molecule has 0 saturated heterocycles. The molecule has 0 unspecified atom stereocenters. The molecule has 0 radical (unpaired) electrons. The predicted molar refractivity (Wildman–Crippen MR) is 193 cm³/mol. The first-order valence-corrected chi connectivity index (χ1v) is 15.6. The molecule has 4 nitrogen and oxygen atoms in total. The van der Waals surface area contributed by atoms with Crippen molar-refractivity contribution in [3.8, 4) is 28.1 Å². The van der Waals surface area contributed by atoms with Crippen LogP contribution >= 0.6 is 0 Å². The zero-order chi connectivity index (χ0) is 30.6. The van der Waals surface area contributed by atoms with E-state index in [0.29, 0.717) is 0 Å². The molecule has 9 rings (SSSR count). The number of anilines is 2. The number of fused-ring (bicyclic) bond motifs is 6. The van der Waals surface area contributed by atoms with Gasteiger partial charge in [-0.05, 0) is 48.4 Å². The molecule has 6 aromatic carbocycles. The molecule has 0 spiro atoms. The molecule has 0 aliphatic carbocycles. The number of H-pyrrole nitrogens is 1. The molecule has 4 heteroatoms. The second-order valence-electron chi connectivity index (χ2n) is 11.8.